The van der Waals surface area contributed by atoms with Gasteiger partial charge in [-0.25, -0.2) is 9.07 Å². The average Bonchev–Trinajstić information content (AvgIpc) is 3.03. The number of aromatic nitrogens is 4. The van der Waals surface area contributed by atoms with Crippen LogP contribution in [-0.4, -0.2) is 20.2 Å². The van der Waals surface area contributed by atoms with Crippen molar-refractivity contribution in [2.45, 2.75) is 0 Å². The summed E-state index contributed by atoms with van der Waals surface area (Å²) in [4.78, 5) is 0. The maximum absolute atomic E-state index is 13.7. The van der Waals surface area contributed by atoms with E-state index in [-0.39, 0.29) is 5.82 Å². The minimum atomic E-state index is -0.350. The van der Waals surface area contributed by atoms with E-state index in [0.717, 1.165) is 0 Å². The molecule has 0 N–H and O–H groups in total. The van der Waals surface area contributed by atoms with Gasteiger partial charge in [-0.1, -0.05) is 0 Å². The topological polar surface area (TPSA) is 56.7 Å². The molecule has 0 saturated carbocycles. The van der Waals surface area contributed by atoms with Crippen molar-refractivity contribution >= 4 is 0 Å². The molecule has 1 aromatic carbocycles. The molecule has 3 aromatic rings. The molecule has 0 bridgehead atoms. The Morgan fingerprint density at radius 3 is 2.88 bits per heavy atom. The van der Waals surface area contributed by atoms with Crippen molar-refractivity contribution in [2.75, 3.05) is 0 Å². The molecule has 0 aliphatic heterocycles. The maximum Gasteiger partial charge on any atom is 0.143 e. The van der Waals surface area contributed by atoms with Crippen LogP contribution in [0, 0.1) is 5.82 Å². The van der Waals surface area contributed by atoms with Crippen LogP contribution in [0.1, 0.15) is 0 Å². The number of nitrogens with zero attached hydrogens (tertiary/aromatic N) is 4. The first kappa shape index (κ1) is 9.71. The minimum Gasteiger partial charge on any atom is -0.464 e. The average molecular weight is 230 g/mol. The molecule has 0 fully saturated rings. The number of halogens is 1. The van der Waals surface area contributed by atoms with Gasteiger partial charge in [-0.15, -0.1) is 5.10 Å². The molecule has 0 amide bonds. The first-order valence-electron chi connectivity index (χ1n) is 4.91. The van der Waals surface area contributed by atoms with Gasteiger partial charge in [0.1, 0.15) is 17.9 Å². The van der Waals surface area contributed by atoms with Crippen LogP contribution in [0.2, 0.25) is 0 Å². The van der Waals surface area contributed by atoms with Crippen LogP contribution >= 0.6 is 0 Å². The molecule has 3 rings (SSSR count). The molecule has 0 unspecified atom stereocenters. The number of tetrazole rings is 1. The fraction of sp³-hybridized carbons (Fsp3) is 0. The second-order valence-corrected chi connectivity index (χ2v) is 3.40. The van der Waals surface area contributed by atoms with Crippen LogP contribution < -0.4 is 0 Å². The largest absolute Gasteiger partial charge is 0.464 e. The van der Waals surface area contributed by atoms with E-state index in [9.17, 15) is 4.39 Å². The Balaban J connectivity index is 2.13. The van der Waals surface area contributed by atoms with Crippen LogP contribution in [-0.2, 0) is 0 Å². The zero-order valence-corrected chi connectivity index (χ0v) is 8.62. The highest BCUT2D eigenvalue weighted by molar-refractivity contribution is 5.61. The highest BCUT2D eigenvalue weighted by atomic mass is 19.1. The molecule has 5 nitrogen and oxygen atoms in total. The third-order valence-electron chi connectivity index (χ3n) is 2.35. The van der Waals surface area contributed by atoms with E-state index in [4.69, 9.17) is 4.42 Å². The molecule has 17 heavy (non-hydrogen) atoms. The van der Waals surface area contributed by atoms with Crippen molar-refractivity contribution in [2.24, 2.45) is 0 Å². The van der Waals surface area contributed by atoms with Gasteiger partial charge in [0.15, 0.2) is 0 Å². The summed E-state index contributed by atoms with van der Waals surface area (Å²) in [7, 11) is 0. The van der Waals surface area contributed by atoms with E-state index >= 15 is 0 Å². The molecule has 84 valence electrons. The van der Waals surface area contributed by atoms with Crippen molar-refractivity contribution in [1.29, 1.82) is 0 Å². The molecule has 2 aromatic heterocycles. The molecule has 0 aliphatic rings. The second-order valence-electron chi connectivity index (χ2n) is 3.40. The second kappa shape index (κ2) is 3.82. The monoisotopic (exact) mass is 230 g/mol. The van der Waals surface area contributed by atoms with E-state index in [1.807, 2.05) is 0 Å². The van der Waals surface area contributed by atoms with Gasteiger partial charge < -0.3 is 4.42 Å². The van der Waals surface area contributed by atoms with Gasteiger partial charge in [0, 0.05) is 0 Å². The summed E-state index contributed by atoms with van der Waals surface area (Å²) >= 11 is 0. The normalized spacial score (nSPS) is 10.6. The lowest BCUT2D eigenvalue weighted by atomic mass is 10.1. The number of rotatable bonds is 2. The maximum atomic E-state index is 13.7. The van der Waals surface area contributed by atoms with Crippen molar-refractivity contribution in [1.82, 2.24) is 20.2 Å². The van der Waals surface area contributed by atoms with Gasteiger partial charge in [0.25, 0.3) is 0 Å². The van der Waals surface area contributed by atoms with Crippen molar-refractivity contribution in [3.05, 3.63) is 48.7 Å². The van der Waals surface area contributed by atoms with E-state index in [1.165, 1.54) is 23.3 Å². The first-order chi connectivity index (χ1) is 8.34. The minimum absolute atomic E-state index is 0.350. The van der Waals surface area contributed by atoms with Crippen LogP contribution in [0.5, 0.6) is 0 Å². The van der Waals surface area contributed by atoms with Gasteiger partial charge in [-0.2, -0.15) is 0 Å². The summed E-state index contributed by atoms with van der Waals surface area (Å²) in [5, 5.41) is 10.8. The number of hydrogen-bond acceptors (Lipinski definition) is 4. The molecule has 0 spiro atoms. The lowest BCUT2D eigenvalue weighted by Gasteiger charge is -2.03. The Labute approximate surface area is 95.5 Å². The summed E-state index contributed by atoms with van der Waals surface area (Å²) in [5.74, 6) is 0.120. The van der Waals surface area contributed by atoms with Crippen LogP contribution in [0.4, 0.5) is 4.39 Å². The Hall–Kier alpha value is -2.50. The Kier molecular flexibility index (Phi) is 2.18. The van der Waals surface area contributed by atoms with Gasteiger partial charge >= 0.3 is 0 Å². The zero-order valence-electron chi connectivity index (χ0n) is 8.62. The molecule has 0 atom stereocenters. The highest BCUT2D eigenvalue weighted by Crippen LogP contribution is 2.25. The number of benzene rings is 1. The molecular formula is C11H7FN4O. The van der Waals surface area contributed by atoms with Gasteiger partial charge in [-0.05, 0) is 40.8 Å². The smallest absolute Gasteiger partial charge is 0.143 e. The standard InChI is InChI=1S/C11H7FN4O/c12-10-4-3-8(16-7-13-14-15-16)6-9(10)11-2-1-5-17-11/h1-7H. The molecule has 0 saturated heterocycles. The fourth-order valence-corrected chi connectivity index (χ4v) is 1.56. The van der Waals surface area contributed by atoms with Gasteiger partial charge in [0.2, 0.25) is 0 Å². The summed E-state index contributed by atoms with van der Waals surface area (Å²) in [6.45, 7) is 0. The Bertz CT molecular complexity index is 619. The van der Waals surface area contributed by atoms with Gasteiger partial charge in [-0.3, -0.25) is 0 Å². The predicted molar refractivity (Wildman–Crippen MR) is 56.8 cm³/mol. The lowest BCUT2D eigenvalue weighted by Crippen LogP contribution is -1.96. The number of hydrogen-bond donors (Lipinski definition) is 0. The van der Waals surface area contributed by atoms with E-state index in [1.54, 1.807) is 24.3 Å². The van der Waals surface area contributed by atoms with E-state index < -0.39 is 0 Å². The summed E-state index contributed by atoms with van der Waals surface area (Å²) in [5.41, 5.74) is 1.05. The van der Waals surface area contributed by atoms with Crippen LogP contribution in [0.25, 0.3) is 17.0 Å². The SMILES string of the molecule is Fc1ccc(-n2cnnn2)cc1-c1ccco1. The summed E-state index contributed by atoms with van der Waals surface area (Å²) in [6.07, 6.45) is 2.94. The summed E-state index contributed by atoms with van der Waals surface area (Å²) in [6, 6.07) is 7.98. The quantitative estimate of drug-likeness (QED) is 0.676. The van der Waals surface area contributed by atoms with Crippen LogP contribution in [0.3, 0.4) is 0 Å². The zero-order chi connectivity index (χ0) is 11.7. The van der Waals surface area contributed by atoms with E-state index in [0.29, 0.717) is 17.0 Å². The third kappa shape index (κ3) is 1.69. The lowest BCUT2D eigenvalue weighted by molar-refractivity contribution is 0.569. The van der Waals surface area contributed by atoms with Crippen LogP contribution in [0.15, 0.2) is 47.3 Å². The summed E-state index contributed by atoms with van der Waals surface area (Å²) < 4.78 is 20.3. The molecule has 2 heterocycles. The predicted octanol–water partition coefficient (Wildman–Crippen LogP) is 2.06. The Morgan fingerprint density at radius 1 is 1.24 bits per heavy atom. The van der Waals surface area contributed by atoms with Crippen molar-refractivity contribution in [3.8, 4) is 17.0 Å². The van der Waals surface area contributed by atoms with Crippen molar-refractivity contribution < 1.29 is 8.81 Å². The fourth-order valence-electron chi connectivity index (χ4n) is 1.56. The van der Waals surface area contributed by atoms with E-state index in [2.05, 4.69) is 15.5 Å². The molecular weight excluding hydrogens is 223 g/mol. The molecule has 0 radical (unpaired) electrons. The van der Waals surface area contributed by atoms with Crippen molar-refractivity contribution in [3.63, 3.8) is 0 Å². The first-order valence-corrected chi connectivity index (χ1v) is 4.91. The molecule has 0 aliphatic carbocycles. The number of furan rings is 1. The molecule has 6 heteroatoms. The third-order valence-corrected chi connectivity index (χ3v) is 2.35. The van der Waals surface area contributed by atoms with Gasteiger partial charge in [0.05, 0.1) is 17.5 Å². The highest BCUT2D eigenvalue weighted by Gasteiger charge is 2.09. The Morgan fingerprint density at radius 2 is 2.18 bits per heavy atom.